The number of rotatable bonds is 3. The van der Waals surface area contributed by atoms with E-state index in [1.54, 1.807) is 13.1 Å². The van der Waals surface area contributed by atoms with Crippen LogP contribution >= 0.6 is 0 Å². The number of likely N-dealkylation sites (N-methyl/N-ethyl adjacent to an activating group) is 1. The summed E-state index contributed by atoms with van der Waals surface area (Å²) in [5, 5.41) is 19.6. The lowest BCUT2D eigenvalue weighted by Crippen LogP contribution is -2.60. The van der Waals surface area contributed by atoms with Gasteiger partial charge in [-0.3, -0.25) is 9.59 Å². The summed E-state index contributed by atoms with van der Waals surface area (Å²) in [4.78, 5) is 27.2. The van der Waals surface area contributed by atoms with Crippen molar-refractivity contribution in [2.45, 2.75) is 65.9 Å². The number of hydrogen-bond donors (Lipinski definition) is 2. The second-order valence-corrected chi connectivity index (χ2v) is 10.3. The molecule has 2 N–H and O–H groups in total. The molecule has 0 unspecified atom stereocenters. The first-order chi connectivity index (χ1) is 13.0. The quantitative estimate of drug-likeness (QED) is 0.725. The fourth-order valence-electron chi connectivity index (χ4n) is 6.64. The highest BCUT2D eigenvalue weighted by Crippen LogP contribution is 2.63. The van der Waals surface area contributed by atoms with Crippen LogP contribution in [-0.4, -0.2) is 53.1 Å². The average Bonchev–Trinajstić information content (AvgIpc) is 2.63. The lowest BCUT2D eigenvalue weighted by atomic mass is 9.42. The Labute approximate surface area is 169 Å². The molecular weight excluding hydrogens is 354 g/mol. The lowest BCUT2D eigenvalue weighted by molar-refractivity contribution is -0.172. The Bertz CT molecular complexity index is 670. The Kier molecular flexibility index (Phi) is 5.81. The summed E-state index contributed by atoms with van der Waals surface area (Å²) in [5.74, 6) is 0.803. The van der Waals surface area contributed by atoms with Gasteiger partial charge in [0.15, 0.2) is 0 Å². The van der Waals surface area contributed by atoms with Gasteiger partial charge in [-0.25, -0.2) is 0 Å². The highest BCUT2D eigenvalue weighted by atomic mass is 16.3. The minimum Gasteiger partial charge on any atom is -0.395 e. The van der Waals surface area contributed by atoms with Crippen LogP contribution in [0.25, 0.3) is 0 Å². The monoisotopic (exact) mass is 391 g/mol. The second kappa shape index (κ2) is 7.56. The lowest BCUT2D eigenvalue weighted by Gasteiger charge is -2.62. The first kappa shape index (κ1) is 21.5. The van der Waals surface area contributed by atoms with E-state index in [9.17, 15) is 14.7 Å². The normalized spacial score (nSPS) is 41.3. The molecule has 3 saturated carbocycles. The smallest absolute Gasteiger partial charge is 0.246 e. The Morgan fingerprint density at radius 1 is 1.29 bits per heavy atom. The van der Waals surface area contributed by atoms with E-state index in [4.69, 9.17) is 5.11 Å². The number of fused-ring (bicyclic) bond motifs is 3. The van der Waals surface area contributed by atoms with E-state index in [-0.39, 0.29) is 47.2 Å². The topological polar surface area (TPSA) is 77.8 Å². The van der Waals surface area contributed by atoms with E-state index >= 15 is 0 Å². The minimum absolute atomic E-state index is 0.0248. The molecule has 3 aliphatic carbocycles. The zero-order valence-electron chi connectivity index (χ0n) is 18.1. The fourth-order valence-corrected chi connectivity index (χ4v) is 6.64. The van der Waals surface area contributed by atoms with Gasteiger partial charge in [-0.1, -0.05) is 33.3 Å². The van der Waals surface area contributed by atoms with Gasteiger partial charge in [0.25, 0.3) is 0 Å². The molecule has 5 heteroatoms. The van der Waals surface area contributed by atoms with Crippen molar-refractivity contribution in [2.75, 3.05) is 20.2 Å². The molecule has 0 spiro atoms. The van der Waals surface area contributed by atoms with E-state index in [0.29, 0.717) is 24.7 Å². The van der Waals surface area contributed by atoms with Crippen molar-refractivity contribution in [3.05, 3.63) is 11.6 Å². The van der Waals surface area contributed by atoms with Crippen LogP contribution in [0.5, 0.6) is 0 Å². The van der Waals surface area contributed by atoms with Gasteiger partial charge >= 0.3 is 0 Å². The Morgan fingerprint density at radius 2 is 1.96 bits per heavy atom. The first-order valence-electron chi connectivity index (χ1n) is 10.8. The van der Waals surface area contributed by atoms with Crippen molar-refractivity contribution in [3.63, 3.8) is 0 Å². The maximum absolute atomic E-state index is 13.3. The van der Waals surface area contributed by atoms with Crippen LogP contribution in [0.3, 0.4) is 0 Å². The van der Waals surface area contributed by atoms with Gasteiger partial charge in [0.1, 0.15) is 5.78 Å². The van der Waals surface area contributed by atoms with Crippen molar-refractivity contribution < 1.29 is 19.8 Å². The number of hydrogen-bond acceptors (Lipinski definition) is 4. The predicted molar refractivity (Wildman–Crippen MR) is 108 cm³/mol. The Hall–Kier alpha value is -1.20. The van der Waals surface area contributed by atoms with Crippen LogP contribution in [0.4, 0.5) is 0 Å². The average molecular weight is 392 g/mol. The number of amides is 1. The predicted octanol–water partition coefficient (Wildman–Crippen LogP) is 2.80. The molecule has 0 aliphatic heterocycles. The van der Waals surface area contributed by atoms with Crippen LogP contribution in [0, 0.1) is 34.5 Å². The zero-order chi connectivity index (χ0) is 20.9. The molecule has 3 aliphatic rings. The molecule has 0 radical (unpaired) electrons. The number of Topliss-reactive ketones (excluding diaryl/α,β-unsaturated/α-hetero) is 1. The van der Waals surface area contributed by atoms with Gasteiger partial charge in [-0.2, -0.15) is 0 Å². The van der Waals surface area contributed by atoms with E-state index < -0.39 is 0 Å². The molecular formula is C23H37NO4. The van der Waals surface area contributed by atoms with Crippen LogP contribution in [0.2, 0.25) is 0 Å². The van der Waals surface area contributed by atoms with E-state index in [2.05, 4.69) is 27.7 Å². The van der Waals surface area contributed by atoms with Crippen molar-refractivity contribution in [3.8, 4) is 0 Å². The zero-order valence-corrected chi connectivity index (χ0v) is 18.1. The molecule has 0 aromatic heterocycles. The highest BCUT2D eigenvalue weighted by molar-refractivity contribution is 5.89. The van der Waals surface area contributed by atoms with E-state index in [0.717, 1.165) is 31.3 Å². The molecule has 28 heavy (non-hydrogen) atoms. The number of aliphatic hydroxyl groups excluding tert-OH is 2. The van der Waals surface area contributed by atoms with Crippen molar-refractivity contribution in [2.24, 2.45) is 34.5 Å². The molecule has 0 heterocycles. The largest absolute Gasteiger partial charge is 0.395 e. The van der Waals surface area contributed by atoms with Crippen LogP contribution in [0.1, 0.15) is 59.8 Å². The van der Waals surface area contributed by atoms with Gasteiger partial charge in [0.2, 0.25) is 5.91 Å². The molecule has 5 nitrogen and oxygen atoms in total. The molecule has 0 saturated heterocycles. The molecule has 0 aromatic carbocycles. The molecule has 6 atom stereocenters. The van der Waals surface area contributed by atoms with E-state index in [1.165, 1.54) is 4.90 Å². The van der Waals surface area contributed by atoms with Crippen molar-refractivity contribution >= 4 is 11.7 Å². The molecule has 3 fully saturated rings. The van der Waals surface area contributed by atoms with Crippen LogP contribution < -0.4 is 0 Å². The third-order valence-electron chi connectivity index (χ3n) is 8.56. The first-order valence-corrected chi connectivity index (χ1v) is 10.8. The summed E-state index contributed by atoms with van der Waals surface area (Å²) in [6.45, 7) is 8.97. The summed E-state index contributed by atoms with van der Waals surface area (Å²) in [6, 6.07) is 0. The summed E-state index contributed by atoms with van der Waals surface area (Å²) in [7, 11) is 1.69. The third kappa shape index (κ3) is 3.35. The summed E-state index contributed by atoms with van der Waals surface area (Å²) < 4.78 is 0. The summed E-state index contributed by atoms with van der Waals surface area (Å²) in [6.07, 6.45) is 5.46. The number of carbonyl (C=O) groups excluding carboxylic acids is 2. The van der Waals surface area contributed by atoms with Gasteiger partial charge < -0.3 is 15.1 Å². The summed E-state index contributed by atoms with van der Waals surface area (Å²) >= 11 is 0. The van der Waals surface area contributed by atoms with Gasteiger partial charge in [-0.05, 0) is 54.3 Å². The van der Waals surface area contributed by atoms with Gasteiger partial charge in [0.05, 0.1) is 12.7 Å². The SMILES string of the molecule is C[C@H]1/C(=C/C(=O)N(C)CCO)CC[C@H]2[C@H]1C(=O)C[C@H]1C(C)(C)[C@@H](O)CC[C@]21C. The summed E-state index contributed by atoms with van der Waals surface area (Å²) in [5.41, 5.74) is 0.899. The Balaban J connectivity index is 1.87. The second-order valence-electron chi connectivity index (χ2n) is 10.3. The Morgan fingerprint density at radius 3 is 2.61 bits per heavy atom. The molecule has 1 amide bonds. The molecule has 158 valence electrons. The van der Waals surface area contributed by atoms with Crippen LogP contribution in [0.15, 0.2) is 11.6 Å². The van der Waals surface area contributed by atoms with Gasteiger partial charge in [0, 0.05) is 32.0 Å². The number of carbonyl (C=O) groups is 2. The molecule has 0 aromatic rings. The maximum atomic E-state index is 13.3. The third-order valence-corrected chi connectivity index (χ3v) is 8.56. The van der Waals surface area contributed by atoms with Crippen LogP contribution in [-0.2, 0) is 9.59 Å². The number of aliphatic hydroxyl groups is 2. The standard InChI is InChI=1S/C23H37NO4/c1-14-15(12-20(28)24(5)10-11-25)6-7-16-21(14)17(26)13-18-22(2,3)19(27)8-9-23(16,18)4/h12,14,16,18-19,21,25,27H,6-11,13H2,1-5H3/b15-12+/t14-,16-,18-,19-,21-,23+/m0/s1. The number of nitrogens with zero attached hydrogens (tertiary/aromatic N) is 1. The van der Waals surface area contributed by atoms with Crippen molar-refractivity contribution in [1.82, 2.24) is 4.90 Å². The number of ketones is 1. The molecule has 3 rings (SSSR count). The van der Waals surface area contributed by atoms with E-state index in [1.807, 2.05) is 0 Å². The maximum Gasteiger partial charge on any atom is 0.246 e. The van der Waals surface area contributed by atoms with Gasteiger partial charge in [-0.15, -0.1) is 0 Å². The fraction of sp³-hybridized carbons (Fsp3) is 0.826. The van der Waals surface area contributed by atoms with Crippen molar-refractivity contribution in [1.29, 1.82) is 0 Å². The number of allylic oxidation sites excluding steroid dienone is 1. The molecule has 0 bridgehead atoms. The highest BCUT2D eigenvalue weighted by Gasteiger charge is 2.61. The minimum atomic E-state index is -0.342.